The Morgan fingerprint density at radius 2 is 2.45 bits per heavy atom. The third-order valence-corrected chi connectivity index (χ3v) is 3.70. The van der Waals surface area contributed by atoms with Gasteiger partial charge in [0.1, 0.15) is 4.34 Å². The largest absolute Gasteiger partial charge is 0.317 e. The average Bonchev–Trinajstić information content (AvgIpc) is 2.28. The number of halogens is 2. The SMILES string of the molecule is [C-]#[N+]CCc1cc(Br)c(Cl)s1. The molecule has 0 amide bonds. The Labute approximate surface area is 82.9 Å². The molecule has 0 unspecified atom stereocenters. The Bertz CT molecular complexity index is 270. The molecule has 1 aromatic rings. The van der Waals surface area contributed by atoms with E-state index in [9.17, 15) is 0 Å². The molecule has 0 N–H and O–H groups in total. The molecule has 0 aliphatic heterocycles. The zero-order valence-corrected chi connectivity index (χ0v) is 8.76. The number of hydrogen-bond acceptors (Lipinski definition) is 1. The highest BCUT2D eigenvalue weighted by molar-refractivity contribution is 9.10. The van der Waals surface area contributed by atoms with Crippen LogP contribution in [0, 0.1) is 6.57 Å². The molecule has 0 radical (unpaired) electrons. The van der Waals surface area contributed by atoms with Crippen molar-refractivity contribution in [2.45, 2.75) is 6.42 Å². The minimum absolute atomic E-state index is 0.545. The van der Waals surface area contributed by atoms with Gasteiger partial charge in [-0.3, -0.25) is 0 Å². The van der Waals surface area contributed by atoms with Gasteiger partial charge < -0.3 is 4.85 Å². The van der Waals surface area contributed by atoms with Gasteiger partial charge in [-0.15, -0.1) is 11.3 Å². The van der Waals surface area contributed by atoms with E-state index in [0.29, 0.717) is 6.54 Å². The molecule has 0 aliphatic rings. The summed E-state index contributed by atoms with van der Waals surface area (Å²) in [5.74, 6) is 0. The van der Waals surface area contributed by atoms with Gasteiger partial charge in [0.2, 0.25) is 6.54 Å². The van der Waals surface area contributed by atoms with Gasteiger partial charge in [0, 0.05) is 9.35 Å². The lowest BCUT2D eigenvalue weighted by Gasteiger charge is -1.83. The van der Waals surface area contributed by atoms with Crippen LogP contribution in [0.25, 0.3) is 4.85 Å². The molecule has 0 atom stereocenters. The lowest BCUT2D eigenvalue weighted by Crippen LogP contribution is -1.80. The molecule has 1 rings (SSSR count). The van der Waals surface area contributed by atoms with Gasteiger partial charge in [0.05, 0.1) is 6.42 Å². The maximum Gasteiger partial charge on any atom is 0.219 e. The topological polar surface area (TPSA) is 4.36 Å². The molecule has 0 aromatic carbocycles. The third-order valence-electron chi connectivity index (χ3n) is 1.17. The fraction of sp³-hybridized carbons (Fsp3) is 0.286. The number of nitrogens with zero attached hydrogens (tertiary/aromatic N) is 1. The van der Waals surface area contributed by atoms with Gasteiger partial charge in [-0.25, -0.2) is 6.57 Å². The second kappa shape index (κ2) is 4.10. The molecule has 58 valence electrons. The first kappa shape index (κ1) is 9.05. The molecule has 0 aliphatic carbocycles. The van der Waals surface area contributed by atoms with Crippen LogP contribution in [0.4, 0.5) is 0 Å². The van der Waals surface area contributed by atoms with Crippen LogP contribution in [0.5, 0.6) is 0 Å². The minimum Gasteiger partial charge on any atom is -0.317 e. The van der Waals surface area contributed by atoms with Crippen LogP contribution in [0.2, 0.25) is 4.34 Å². The van der Waals surface area contributed by atoms with Crippen molar-refractivity contribution >= 4 is 38.9 Å². The van der Waals surface area contributed by atoms with Crippen molar-refractivity contribution in [3.8, 4) is 0 Å². The first-order valence-corrected chi connectivity index (χ1v) is 4.99. The van der Waals surface area contributed by atoms with Crippen molar-refractivity contribution in [1.29, 1.82) is 0 Å². The monoisotopic (exact) mass is 249 g/mol. The maximum atomic E-state index is 6.60. The zero-order chi connectivity index (χ0) is 8.27. The van der Waals surface area contributed by atoms with Crippen LogP contribution in [0.3, 0.4) is 0 Å². The summed E-state index contributed by atoms with van der Waals surface area (Å²) in [4.78, 5) is 4.43. The quantitative estimate of drug-likeness (QED) is 0.706. The summed E-state index contributed by atoms with van der Waals surface area (Å²) >= 11 is 10.6. The fourth-order valence-corrected chi connectivity index (χ4v) is 2.46. The highest BCUT2D eigenvalue weighted by Crippen LogP contribution is 2.32. The lowest BCUT2D eigenvalue weighted by molar-refractivity contribution is 1.11. The first-order valence-electron chi connectivity index (χ1n) is 3.01. The lowest BCUT2D eigenvalue weighted by atomic mass is 10.3. The second-order valence-corrected chi connectivity index (χ2v) is 4.56. The summed E-state index contributed by atoms with van der Waals surface area (Å²) in [5.41, 5.74) is 0. The smallest absolute Gasteiger partial charge is 0.219 e. The van der Waals surface area contributed by atoms with Gasteiger partial charge in [-0.2, -0.15) is 0 Å². The van der Waals surface area contributed by atoms with E-state index in [1.807, 2.05) is 6.07 Å². The third kappa shape index (κ3) is 2.48. The summed E-state index contributed by atoms with van der Waals surface area (Å²) in [6.45, 7) is 7.14. The van der Waals surface area contributed by atoms with Crippen LogP contribution in [-0.4, -0.2) is 6.54 Å². The van der Waals surface area contributed by atoms with Crippen LogP contribution in [-0.2, 0) is 6.42 Å². The molecule has 0 bridgehead atoms. The summed E-state index contributed by atoms with van der Waals surface area (Å²) in [6, 6.07) is 1.97. The summed E-state index contributed by atoms with van der Waals surface area (Å²) in [7, 11) is 0. The minimum atomic E-state index is 0.545. The predicted molar refractivity (Wildman–Crippen MR) is 52.2 cm³/mol. The zero-order valence-electron chi connectivity index (χ0n) is 5.60. The second-order valence-electron chi connectivity index (χ2n) is 1.97. The number of hydrogen-bond donors (Lipinski definition) is 0. The van der Waals surface area contributed by atoms with Gasteiger partial charge in [0.15, 0.2) is 0 Å². The van der Waals surface area contributed by atoms with Crippen molar-refractivity contribution in [2.24, 2.45) is 0 Å². The number of thiophene rings is 1. The Kier molecular flexibility index (Phi) is 3.38. The van der Waals surface area contributed by atoms with E-state index in [2.05, 4.69) is 20.8 Å². The molecule has 1 aromatic heterocycles. The van der Waals surface area contributed by atoms with E-state index in [1.165, 1.54) is 11.3 Å². The van der Waals surface area contributed by atoms with Crippen LogP contribution >= 0.6 is 38.9 Å². The van der Waals surface area contributed by atoms with Gasteiger partial charge >= 0.3 is 0 Å². The molecular weight excluding hydrogens is 246 g/mol. The summed E-state index contributed by atoms with van der Waals surface area (Å²) in [5, 5.41) is 0. The molecule has 11 heavy (non-hydrogen) atoms. The van der Waals surface area contributed by atoms with E-state index < -0.39 is 0 Å². The Hall–Kier alpha value is -0.0400. The average molecular weight is 251 g/mol. The van der Waals surface area contributed by atoms with E-state index in [0.717, 1.165) is 20.1 Å². The molecule has 0 spiro atoms. The summed E-state index contributed by atoms with van der Waals surface area (Å²) in [6.07, 6.45) is 0.805. The van der Waals surface area contributed by atoms with E-state index in [-0.39, 0.29) is 0 Å². The van der Waals surface area contributed by atoms with Crippen molar-refractivity contribution in [3.05, 3.63) is 31.2 Å². The predicted octanol–water partition coefficient (Wildman–Crippen LogP) is 3.63. The number of rotatable bonds is 2. The fourth-order valence-electron chi connectivity index (χ4n) is 0.681. The molecular formula is C7H5BrClNS. The van der Waals surface area contributed by atoms with E-state index in [1.54, 1.807) is 0 Å². The van der Waals surface area contributed by atoms with Crippen LogP contribution < -0.4 is 0 Å². The Morgan fingerprint density at radius 3 is 2.91 bits per heavy atom. The molecule has 0 saturated carbocycles. The Balaban J connectivity index is 2.67. The van der Waals surface area contributed by atoms with Crippen molar-refractivity contribution in [3.63, 3.8) is 0 Å². The van der Waals surface area contributed by atoms with Gasteiger partial charge in [0.25, 0.3) is 0 Å². The first-order chi connectivity index (χ1) is 5.24. The molecule has 4 heteroatoms. The van der Waals surface area contributed by atoms with Crippen LogP contribution in [0.1, 0.15) is 4.88 Å². The van der Waals surface area contributed by atoms with Gasteiger partial charge in [-0.05, 0) is 22.0 Å². The Morgan fingerprint density at radius 1 is 1.73 bits per heavy atom. The normalized spacial score (nSPS) is 9.55. The van der Waals surface area contributed by atoms with E-state index in [4.69, 9.17) is 18.2 Å². The summed E-state index contributed by atoms with van der Waals surface area (Å²) < 4.78 is 1.70. The van der Waals surface area contributed by atoms with Crippen molar-refractivity contribution < 1.29 is 0 Å². The van der Waals surface area contributed by atoms with E-state index >= 15 is 0 Å². The van der Waals surface area contributed by atoms with Crippen molar-refractivity contribution in [2.75, 3.05) is 6.54 Å². The molecule has 1 heterocycles. The maximum absolute atomic E-state index is 6.60. The molecule has 0 saturated heterocycles. The highest BCUT2D eigenvalue weighted by Gasteiger charge is 2.04. The highest BCUT2D eigenvalue weighted by atomic mass is 79.9. The van der Waals surface area contributed by atoms with Gasteiger partial charge in [-0.1, -0.05) is 11.6 Å². The van der Waals surface area contributed by atoms with Crippen LogP contribution in [0.15, 0.2) is 10.5 Å². The molecule has 0 fully saturated rings. The molecule has 1 nitrogen and oxygen atoms in total. The standard InChI is InChI=1S/C7H5BrClNS/c1-10-3-2-5-4-6(8)7(9)11-5/h4H,2-3H2. The van der Waals surface area contributed by atoms with Crippen molar-refractivity contribution in [1.82, 2.24) is 0 Å².